The molecule has 1 aromatic heterocycles. The summed E-state index contributed by atoms with van der Waals surface area (Å²) in [5.74, 6) is -0.0576. The quantitative estimate of drug-likeness (QED) is 0.738. The number of carbonyl (C=O) groups excluding carboxylic acids is 1. The van der Waals surface area contributed by atoms with Gasteiger partial charge in [0.15, 0.2) is 0 Å². The third-order valence-electron chi connectivity index (χ3n) is 4.93. The highest BCUT2D eigenvalue weighted by molar-refractivity contribution is 6.03. The average molecular weight is 391 g/mol. The van der Waals surface area contributed by atoms with Crippen molar-refractivity contribution in [1.29, 1.82) is 0 Å². The van der Waals surface area contributed by atoms with Gasteiger partial charge in [-0.05, 0) is 48.9 Å². The molecule has 2 aromatic carbocycles. The van der Waals surface area contributed by atoms with Crippen LogP contribution in [0.1, 0.15) is 15.9 Å². The molecular weight excluding hydrogens is 369 g/mol. The van der Waals surface area contributed by atoms with E-state index in [1.165, 1.54) is 47.9 Å². The fourth-order valence-electron chi connectivity index (χ4n) is 3.33. The van der Waals surface area contributed by atoms with E-state index < -0.39 is 0 Å². The van der Waals surface area contributed by atoms with Crippen LogP contribution in [0.2, 0.25) is 0 Å². The second-order valence-corrected chi connectivity index (χ2v) is 7.05. The molecule has 1 fully saturated rings. The van der Waals surface area contributed by atoms with E-state index in [4.69, 9.17) is 0 Å². The lowest BCUT2D eigenvalue weighted by molar-refractivity contribution is 0.102. The van der Waals surface area contributed by atoms with E-state index in [1.54, 1.807) is 0 Å². The average Bonchev–Trinajstić information content (AvgIpc) is 2.75. The molecule has 2 heterocycles. The molecule has 1 N–H and O–H groups in total. The number of anilines is 3. The number of nitrogens with one attached hydrogen (secondary N) is 1. The minimum Gasteiger partial charge on any atom is -0.368 e. The van der Waals surface area contributed by atoms with Crippen LogP contribution in [-0.4, -0.2) is 42.1 Å². The summed E-state index contributed by atoms with van der Waals surface area (Å²) in [6.07, 6.45) is 3.04. The van der Waals surface area contributed by atoms with Crippen molar-refractivity contribution < 1.29 is 9.18 Å². The number of hydrogen-bond donors (Lipinski definition) is 1. The number of aromatic nitrogens is 2. The van der Waals surface area contributed by atoms with Gasteiger partial charge >= 0.3 is 0 Å². The standard InChI is InChI=1S/C22H22FN5O/c1-16-3-2-4-20(13-16)27-9-11-28(12-10-27)22-24-14-17(15-25-22)21(29)26-19-7-5-18(23)6-8-19/h2-8,13-15H,9-12H2,1H3,(H,26,29). The first kappa shape index (κ1) is 18.9. The van der Waals surface area contributed by atoms with Crippen LogP contribution in [0, 0.1) is 12.7 Å². The summed E-state index contributed by atoms with van der Waals surface area (Å²) in [5, 5.41) is 2.71. The maximum absolute atomic E-state index is 13.0. The van der Waals surface area contributed by atoms with Gasteiger partial charge in [-0.25, -0.2) is 14.4 Å². The van der Waals surface area contributed by atoms with Crippen molar-refractivity contribution in [1.82, 2.24) is 9.97 Å². The van der Waals surface area contributed by atoms with Gasteiger partial charge in [0.1, 0.15) is 5.82 Å². The van der Waals surface area contributed by atoms with Gasteiger partial charge in [-0.2, -0.15) is 0 Å². The number of piperazine rings is 1. The molecule has 3 aromatic rings. The molecule has 29 heavy (non-hydrogen) atoms. The van der Waals surface area contributed by atoms with E-state index >= 15 is 0 Å². The van der Waals surface area contributed by atoms with Crippen LogP contribution in [0.25, 0.3) is 0 Å². The second kappa shape index (κ2) is 8.26. The molecule has 1 aliphatic rings. The van der Waals surface area contributed by atoms with Crippen molar-refractivity contribution in [2.24, 2.45) is 0 Å². The third kappa shape index (κ3) is 4.51. The molecule has 6 nitrogen and oxygen atoms in total. The molecule has 1 aliphatic heterocycles. The maximum atomic E-state index is 13.0. The summed E-state index contributed by atoms with van der Waals surface area (Å²) in [6, 6.07) is 14.1. The lowest BCUT2D eigenvalue weighted by Crippen LogP contribution is -2.47. The predicted molar refractivity (Wildman–Crippen MR) is 112 cm³/mol. The normalized spacial score (nSPS) is 14.0. The molecule has 0 spiro atoms. The number of rotatable bonds is 4. The summed E-state index contributed by atoms with van der Waals surface area (Å²) < 4.78 is 13.0. The van der Waals surface area contributed by atoms with E-state index in [-0.39, 0.29) is 11.7 Å². The van der Waals surface area contributed by atoms with Crippen molar-refractivity contribution >= 4 is 23.2 Å². The largest absolute Gasteiger partial charge is 0.368 e. The second-order valence-electron chi connectivity index (χ2n) is 7.05. The summed E-state index contributed by atoms with van der Waals surface area (Å²) >= 11 is 0. The van der Waals surface area contributed by atoms with Crippen LogP contribution in [0.4, 0.5) is 21.7 Å². The van der Waals surface area contributed by atoms with Crippen molar-refractivity contribution in [2.45, 2.75) is 6.92 Å². The van der Waals surface area contributed by atoms with Gasteiger partial charge < -0.3 is 15.1 Å². The third-order valence-corrected chi connectivity index (χ3v) is 4.93. The summed E-state index contributed by atoms with van der Waals surface area (Å²) in [7, 11) is 0. The number of aryl methyl sites for hydroxylation is 1. The number of benzene rings is 2. The van der Waals surface area contributed by atoms with Crippen LogP contribution < -0.4 is 15.1 Å². The van der Waals surface area contributed by atoms with E-state index in [9.17, 15) is 9.18 Å². The van der Waals surface area contributed by atoms with Gasteiger partial charge in [0.05, 0.1) is 5.56 Å². The molecule has 0 atom stereocenters. The number of amides is 1. The number of carbonyl (C=O) groups is 1. The van der Waals surface area contributed by atoms with Crippen LogP contribution in [0.3, 0.4) is 0 Å². The van der Waals surface area contributed by atoms with E-state index in [0.717, 1.165) is 26.2 Å². The van der Waals surface area contributed by atoms with Crippen LogP contribution in [0.15, 0.2) is 60.9 Å². The Morgan fingerprint density at radius 3 is 2.28 bits per heavy atom. The van der Waals surface area contributed by atoms with Gasteiger partial charge in [0.25, 0.3) is 5.91 Å². The van der Waals surface area contributed by atoms with Gasteiger partial charge in [-0.3, -0.25) is 4.79 Å². The first-order chi connectivity index (χ1) is 14.1. The molecule has 0 bridgehead atoms. The zero-order chi connectivity index (χ0) is 20.2. The van der Waals surface area contributed by atoms with E-state index in [0.29, 0.717) is 17.2 Å². The molecular formula is C22H22FN5O. The Bertz CT molecular complexity index is 983. The van der Waals surface area contributed by atoms with Crippen molar-refractivity contribution in [3.63, 3.8) is 0 Å². The molecule has 0 saturated carbocycles. The predicted octanol–water partition coefficient (Wildman–Crippen LogP) is 3.50. The first-order valence-electron chi connectivity index (χ1n) is 9.54. The fourth-order valence-corrected chi connectivity index (χ4v) is 3.33. The zero-order valence-corrected chi connectivity index (χ0v) is 16.2. The minimum absolute atomic E-state index is 0.326. The molecule has 7 heteroatoms. The minimum atomic E-state index is -0.349. The van der Waals surface area contributed by atoms with Crippen molar-refractivity contribution in [2.75, 3.05) is 41.3 Å². The Labute approximate surface area is 169 Å². The highest BCUT2D eigenvalue weighted by Crippen LogP contribution is 2.19. The summed E-state index contributed by atoms with van der Waals surface area (Å²) in [5.41, 5.74) is 3.37. The summed E-state index contributed by atoms with van der Waals surface area (Å²) in [6.45, 7) is 5.50. The fraction of sp³-hybridized carbons (Fsp3) is 0.227. The first-order valence-corrected chi connectivity index (χ1v) is 9.54. The Morgan fingerprint density at radius 2 is 1.62 bits per heavy atom. The van der Waals surface area contributed by atoms with Crippen LogP contribution in [-0.2, 0) is 0 Å². The number of halogens is 1. The van der Waals surface area contributed by atoms with Crippen molar-refractivity contribution in [3.8, 4) is 0 Å². The van der Waals surface area contributed by atoms with E-state index in [1.807, 2.05) is 0 Å². The Morgan fingerprint density at radius 1 is 0.966 bits per heavy atom. The highest BCUT2D eigenvalue weighted by Gasteiger charge is 2.19. The Balaban J connectivity index is 1.36. The zero-order valence-electron chi connectivity index (χ0n) is 16.2. The highest BCUT2D eigenvalue weighted by atomic mass is 19.1. The SMILES string of the molecule is Cc1cccc(N2CCN(c3ncc(C(=O)Nc4ccc(F)cc4)cn3)CC2)c1. The topological polar surface area (TPSA) is 61.4 Å². The maximum Gasteiger partial charge on any atom is 0.258 e. The molecule has 1 saturated heterocycles. The van der Waals surface area contributed by atoms with E-state index in [2.05, 4.69) is 56.3 Å². The molecule has 0 aliphatic carbocycles. The Kier molecular flexibility index (Phi) is 5.37. The Hall–Kier alpha value is -3.48. The smallest absolute Gasteiger partial charge is 0.258 e. The number of nitrogens with zero attached hydrogens (tertiary/aromatic N) is 4. The summed E-state index contributed by atoms with van der Waals surface area (Å²) in [4.78, 5) is 25.5. The molecule has 4 rings (SSSR count). The van der Waals surface area contributed by atoms with Gasteiger partial charge in [0, 0.05) is 49.9 Å². The number of hydrogen-bond acceptors (Lipinski definition) is 5. The van der Waals surface area contributed by atoms with Crippen LogP contribution in [0.5, 0.6) is 0 Å². The molecule has 148 valence electrons. The molecule has 1 amide bonds. The van der Waals surface area contributed by atoms with Gasteiger partial charge in [-0.15, -0.1) is 0 Å². The van der Waals surface area contributed by atoms with Gasteiger partial charge in [0.2, 0.25) is 5.95 Å². The molecule has 0 unspecified atom stereocenters. The lowest BCUT2D eigenvalue weighted by Gasteiger charge is -2.36. The monoisotopic (exact) mass is 391 g/mol. The van der Waals surface area contributed by atoms with Gasteiger partial charge in [-0.1, -0.05) is 12.1 Å². The lowest BCUT2D eigenvalue weighted by atomic mass is 10.2. The molecule has 0 radical (unpaired) electrons. The van der Waals surface area contributed by atoms with Crippen molar-refractivity contribution in [3.05, 3.63) is 77.9 Å². The van der Waals surface area contributed by atoms with Crippen LogP contribution >= 0.6 is 0 Å².